The number of aromatic nitrogens is 2. The van der Waals surface area contributed by atoms with E-state index in [1.807, 2.05) is 0 Å². The Labute approximate surface area is 128 Å². The summed E-state index contributed by atoms with van der Waals surface area (Å²) in [7, 11) is 0. The third-order valence-corrected chi connectivity index (χ3v) is 4.43. The molecule has 2 heterocycles. The first-order chi connectivity index (χ1) is 9.54. The van der Waals surface area contributed by atoms with E-state index >= 15 is 0 Å². The molecule has 1 fully saturated rings. The predicted molar refractivity (Wildman–Crippen MR) is 77.7 cm³/mol. The molecule has 1 aromatic heterocycles. The van der Waals surface area contributed by atoms with Gasteiger partial charge in [0.2, 0.25) is 0 Å². The van der Waals surface area contributed by atoms with Gasteiger partial charge in [0.1, 0.15) is 10.8 Å². The topological polar surface area (TPSA) is 66.3 Å². The van der Waals surface area contributed by atoms with Gasteiger partial charge in [-0.2, -0.15) is 4.37 Å². The van der Waals surface area contributed by atoms with E-state index in [0.29, 0.717) is 29.0 Å². The summed E-state index contributed by atoms with van der Waals surface area (Å²) in [5, 5.41) is 10.6. The molecule has 0 unspecified atom stereocenters. The number of hydrogen-bond donors (Lipinski definition) is 1. The highest BCUT2D eigenvalue weighted by molar-refractivity contribution is 7.09. The molecule has 20 heavy (non-hydrogen) atoms. The highest BCUT2D eigenvalue weighted by atomic mass is 35.5. The fourth-order valence-electron chi connectivity index (χ4n) is 1.97. The summed E-state index contributed by atoms with van der Waals surface area (Å²) >= 11 is 13.2. The van der Waals surface area contributed by atoms with Gasteiger partial charge in [-0.3, -0.25) is 0 Å². The van der Waals surface area contributed by atoms with Crippen LogP contribution < -0.4 is 0 Å². The molecule has 5 nitrogen and oxygen atoms in total. The molecule has 2 aromatic rings. The maximum absolute atomic E-state index is 10.7. The monoisotopic (exact) mass is 329 g/mol. The van der Waals surface area contributed by atoms with Gasteiger partial charge in [-0.25, -0.2) is 9.78 Å². The summed E-state index contributed by atoms with van der Waals surface area (Å²) in [6.45, 7) is 0.889. The van der Waals surface area contributed by atoms with Crippen molar-refractivity contribution in [1.82, 2.24) is 14.3 Å². The van der Waals surface area contributed by atoms with E-state index in [1.165, 1.54) is 16.4 Å². The number of benzene rings is 1. The van der Waals surface area contributed by atoms with Gasteiger partial charge in [0.25, 0.3) is 0 Å². The molecule has 0 radical (unpaired) electrons. The number of amides is 1. The minimum Gasteiger partial charge on any atom is -0.465 e. The van der Waals surface area contributed by atoms with Crippen molar-refractivity contribution in [2.45, 2.75) is 5.92 Å². The van der Waals surface area contributed by atoms with Crippen LogP contribution in [-0.2, 0) is 0 Å². The molecular formula is C12H9Cl2N3O2S. The zero-order valence-electron chi connectivity index (χ0n) is 10.1. The van der Waals surface area contributed by atoms with Crippen molar-refractivity contribution in [3.05, 3.63) is 34.1 Å². The van der Waals surface area contributed by atoms with Gasteiger partial charge in [0, 0.05) is 23.7 Å². The SMILES string of the molecule is O=C(O)N1CC(c2nsc(-c3ccc(Cl)cc3Cl)n2)C1. The molecule has 1 saturated heterocycles. The zero-order valence-corrected chi connectivity index (χ0v) is 12.4. The molecule has 1 aromatic carbocycles. The smallest absolute Gasteiger partial charge is 0.407 e. The fraction of sp³-hybridized carbons (Fsp3) is 0.250. The standard InChI is InChI=1S/C12H9Cl2N3O2S/c13-7-1-2-8(9(14)3-7)11-15-10(16-20-11)6-4-17(5-6)12(18)19/h1-3,6H,4-5H2,(H,18,19). The number of rotatable bonds is 2. The van der Waals surface area contributed by atoms with Crippen LogP contribution in [0.25, 0.3) is 10.6 Å². The van der Waals surface area contributed by atoms with Gasteiger partial charge in [-0.1, -0.05) is 23.2 Å². The Kier molecular flexibility index (Phi) is 3.54. The Hall–Kier alpha value is -1.37. The molecular weight excluding hydrogens is 321 g/mol. The summed E-state index contributed by atoms with van der Waals surface area (Å²) in [5.41, 5.74) is 0.786. The van der Waals surface area contributed by atoms with Crippen LogP contribution in [-0.4, -0.2) is 38.5 Å². The van der Waals surface area contributed by atoms with E-state index in [2.05, 4.69) is 9.36 Å². The maximum Gasteiger partial charge on any atom is 0.407 e. The van der Waals surface area contributed by atoms with Crippen LogP contribution in [0, 0.1) is 0 Å². The molecule has 1 N–H and O–H groups in total. The van der Waals surface area contributed by atoms with Gasteiger partial charge in [-0.05, 0) is 29.7 Å². The van der Waals surface area contributed by atoms with Gasteiger partial charge >= 0.3 is 6.09 Å². The average molecular weight is 330 g/mol. The molecule has 0 saturated carbocycles. The molecule has 8 heteroatoms. The number of halogens is 2. The van der Waals surface area contributed by atoms with Crippen LogP contribution in [0.15, 0.2) is 18.2 Å². The highest BCUT2D eigenvalue weighted by Gasteiger charge is 2.34. The molecule has 0 aliphatic carbocycles. The lowest BCUT2D eigenvalue weighted by Gasteiger charge is -2.35. The summed E-state index contributed by atoms with van der Waals surface area (Å²) in [5.74, 6) is 0.746. The second-order valence-electron chi connectivity index (χ2n) is 4.47. The zero-order chi connectivity index (χ0) is 14.3. The largest absolute Gasteiger partial charge is 0.465 e. The Morgan fingerprint density at radius 1 is 1.40 bits per heavy atom. The van der Waals surface area contributed by atoms with Gasteiger partial charge in [0.05, 0.1) is 10.9 Å². The maximum atomic E-state index is 10.7. The number of nitrogens with zero attached hydrogens (tertiary/aromatic N) is 3. The average Bonchev–Trinajstić information content (AvgIpc) is 2.75. The Bertz CT molecular complexity index is 670. The minimum absolute atomic E-state index is 0.0715. The molecule has 0 bridgehead atoms. The van der Waals surface area contributed by atoms with Gasteiger partial charge in [0.15, 0.2) is 0 Å². The lowest BCUT2D eigenvalue weighted by Crippen LogP contribution is -2.48. The highest BCUT2D eigenvalue weighted by Crippen LogP contribution is 2.33. The number of carbonyl (C=O) groups is 1. The molecule has 3 rings (SSSR count). The second-order valence-corrected chi connectivity index (χ2v) is 6.06. The van der Waals surface area contributed by atoms with E-state index in [0.717, 1.165) is 10.6 Å². The van der Waals surface area contributed by atoms with Gasteiger partial charge in [-0.15, -0.1) is 0 Å². The van der Waals surface area contributed by atoms with Crippen LogP contribution in [0.3, 0.4) is 0 Å². The minimum atomic E-state index is -0.905. The van der Waals surface area contributed by atoms with Crippen molar-refractivity contribution in [2.75, 3.05) is 13.1 Å². The molecule has 0 spiro atoms. The summed E-state index contributed by atoms with van der Waals surface area (Å²) in [4.78, 5) is 16.5. The van der Waals surface area contributed by atoms with Crippen molar-refractivity contribution in [1.29, 1.82) is 0 Å². The first-order valence-electron chi connectivity index (χ1n) is 5.81. The molecule has 0 atom stereocenters. The van der Waals surface area contributed by atoms with E-state index < -0.39 is 6.09 Å². The summed E-state index contributed by atoms with van der Waals surface area (Å²) in [6.07, 6.45) is -0.905. The third kappa shape index (κ3) is 2.46. The van der Waals surface area contributed by atoms with Crippen molar-refractivity contribution >= 4 is 40.8 Å². The van der Waals surface area contributed by atoms with E-state index in [9.17, 15) is 4.79 Å². The summed E-state index contributed by atoms with van der Waals surface area (Å²) in [6, 6.07) is 5.22. The van der Waals surface area contributed by atoms with Crippen molar-refractivity contribution in [2.24, 2.45) is 0 Å². The van der Waals surface area contributed by atoms with E-state index in [-0.39, 0.29) is 5.92 Å². The Balaban J connectivity index is 1.79. The fourth-order valence-corrected chi connectivity index (χ4v) is 3.31. The van der Waals surface area contributed by atoms with Gasteiger partial charge < -0.3 is 10.0 Å². The molecule has 104 valence electrons. The molecule has 1 aliphatic rings. The normalized spacial score (nSPS) is 15.2. The number of hydrogen-bond acceptors (Lipinski definition) is 4. The van der Waals surface area contributed by atoms with E-state index in [1.54, 1.807) is 18.2 Å². The number of carboxylic acid groups (broad SMARTS) is 1. The first kappa shape index (κ1) is 13.6. The van der Waals surface area contributed by atoms with E-state index in [4.69, 9.17) is 28.3 Å². The Morgan fingerprint density at radius 3 is 2.80 bits per heavy atom. The van der Waals surface area contributed by atoms with Crippen LogP contribution >= 0.6 is 34.7 Å². The Morgan fingerprint density at radius 2 is 2.15 bits per heavy atom. The van der Waals surface area contributed by atoms with Crippen molar-refractivity contribution in [3.63, 3.8) is 0 Å². The number of likely N-dealkylation sites (tertiary alicyclic amines) is 1. The van der Waals surface area contributed by atoms with Crippen molar-refractivity contribution in [3.8, 4) is 10.6 Å². The lowest BCUT2D eigenvalue weighted by atomic mass is 10.0. The first-order valence-corrected chi connectivity index (χ1v) is 7.34. The summed E-state index contributed by atoms with van der Waals surface area (Å²) < 4.78 is 4.29. The quantitative estimate of drug-likeness (QED) is 0.914. The third-order valence-electron chi connectivity index (χ3n) is 3.12. The molecule has 1 aliphatic heterocycles. The second kappa shape index (κ2) is 5.20. The van der Waals surface area contributed by atoms with Crippen molar-refractivity contribution < 1.29 is 9.90 Å². The van der Waals surface area contributed by atoms with Crippen LogP contribution in [0.5, 0.6) is 0 Å². The predicted octanol–water partition coefficient (Wildman–Crippen LogP) is 3.59. The van der Waals surface area contributed by atoms with Crippen LogP contribution in [0.1, 0.15) is 11.7 Å². The van der Waals surface area contributed by atoms with Crippen LogP contribution in [0.2, 0.25) is 10.0 Å². The molecule has 1 amide bonds. The van der Waals surface area contributed by atoms with Crippen LogP contribution in [0.4, 0.5) is 4.79 Å². The lowest BCUT2D eigenvalue weighted by molar-refractivity contribution is 0.104.